The molecule has 0 atom stereocenters. The summed E-state index contributed by atoms with van der Waals surface area (Å²) in [6.45, 7) is 18.6. The van der Waals surface area contributed by atoms with Crippen molar-refractivity contribution in [1.82, 2.24) is 0 Å². The van der Waals surface area contributed by atoms with Crippen molar-refractivity contribution in [2.75, 3.05) is 0 Å². The number of rotatable bonds is 4. The first-order valence-corrected chi connectivity index (χ1v) is 14.6. The molecule has 0 unspecified atom stereocenters. The summed E-state index contributed by atoms with van der Waals surface area (Å²) in [6.07, 6.45) is 5.82. The molecule has 26 heavy (non-hydrogen) atoms. The maximum Gasteiger partial charge on any atom is -0.147 e. The predicted molar refractivity (Wildman–Crippen MR) is 121 cm³/mol. The summed E-state index contributed by atoms with van der Waals surface area (Å²) < 4.78 is 9.80. The van der Waals surface area contributed by atoms with Crippen LogP contribution in [0.1, 0.15) is 46.6 Å². The van der Waals surface area contributed by atoms with Gasteiger partial charge in [-0.1, -0.05) is 0 Å². The van der Waals surface area contributed by atoms with Gasteiger partial charge in [0.05, 0.1) is 0 Å². The topological polar surface area (TPSA) is 9.23 Å². The molecule has 2 rings (SSSR count). The fraction of sp³-hybridized carbons (Fsp3) is 0.476. The molecule has 0 heterocycles. The van der Waals surface area contributed by atoms with E-state index in [1.54, 1.807) is 9.07 Å². The predicted octanol–water partition coefficient (Wildman–Crippen LogP) is 7.04. The molecule has 1 aromatic rings. The number of hydrogen-bond donors (Lipinski definition) is 0. The average Bonchev–Trinajstić information content (AvgIpc) is 2.93. The Morgan fingerprint density at radius 2 is 1.69 bits per heavy atom. The second-order valence-electron chi connectivity index (χ2n) is 8.96. The molecule has 0 fully saturated rings. The molecule has 0 amide bonds. The van der Waals surface area contributed by atoms with Crippen molar-refractivity contribution < 1.29 is 21.1 Å². The van der Waals surface area contributed by atoms with E-state index in [1.165, 1.54) is 9.37 Å². The summed E-state index contributed by atoms with van der Waals surface area (Å²) in [6, 6.07) is 8.71. The standard InChI is InChI=1S/C10H14O.C8H13Si.C3H6.2ClH.Ti/c1-10(2,3)8-5-4-6-9(11)7-8;1-9(2,3)8-6-4-5-7-8;1-3-2;;;/h4-7,11H,1-3H3;4,6H,5H2,1-3H3;1-2H3;2*1H;/q;;;;;+1/p-1. The maximum absolute atomic E-state index is 6.68. The first kappa shape index (κ1) is 25.9. The molecule has 0 radical (unpaired) electrons. The van der Waals surface area contributed by atoms with Crippen molar-refractivity contribution >= 4 is 36.7 Å². The van der Waals surface area contributed by atoms with Gasteiger partial charge in [0.25, 0.3) is 0 Å². The Morgan fingerprint density at radius 3 is 2.19 bits per heavy atom. The Bertz CT molecular complexity index is 718. The first-order chi connectivity index (χ1) is 11.0. The van der Waals surface area contributed by atoms with Gasteiger partial charge in [0.2, 0.25) is 0 Å². The summed E-state index contributed by atoms with van der Waals surface area (Å²) in [4.78, 5) is 0. The molecule has 0 saturated carbocycles. The van der Waals surface area contributed by atoms with Gasteiger partial charge in [-0.15, -0.1) is 24.8 Å². The molecule has 0 aromatic heterocycles. The Labute approximate surface area is 180 Å². The normalized spacial score (nSPS) is 13.8. The van der Waals surface area contributed by atoms with Crippen molar-refractivity contribution in [2.45, 2.75) is 66.1 Å². The second-order valence-corrected chi connectivity index (χ2v) is 17.8. The molecular weight excluding hydrogens is 415 g/mol. The van der Waals surface area contributed by atoms with Crippen LogP contribution in [0.15, 0.2) is 45.5 Å². The van der Waals surface area contributed by atoms with Gasteiger partial charge in [-0.05, 0) is 0 Å². The van der Waals surface area contributed by atoms with Gasteiger partial charge in [0, 0.05) is 0 Å². The van der Waals surface area contributed by atoms with Gasteiger partial charge in [0.1, 0.15) is 0 Å². The van der Waals surface area contributed by atoms with Crippen LogP contribution in [-0.4, -0.2) is 11.9 Å². The zero-order valence-corrected chi connectivity index (χ0v) is 21.6. The minimum Gasteiger partial charge on any atom is -0.147 e. The van der Waals surface area contributed by atoms with E-state index in [-0.39, 0.29) is 30.2 Å². The third-order valence-electron chi connectivity index (χ3n) is 4.39. The van der Waals surface area contributed by atoms with E-state index in [4.69, 9.17) is 3.32 Å². The second kappa shape index (κ2) is 9.89. The van der Waals surface area contributed by atoms with E-state index in [0.29, 0.717) is 0 Å². The molecule has 0 bridgehead atoms. The van der Waals surface area contributed by atoms with Crippen LogP contribution in [0.4, 0.5) is 0 Å². The SMILES string of the molecule is C[C](C)=[Ti]([O]c1cccc(C(C)(C)C)c1)[C]1=C([Si](C)(C)C)C=CC1.Cl.Cl. The summed E-state index contributed by atoms with van der Waals surface area (Å²) in [5.74, 6) is 1.05. The van der Waals surface area contributed by atoms with E-state index in [2.05, 4.69) is 90.7 Å². The van der Waals surface area contributed by atoms with E-state index in [9.17, 15) is 0 Å². The van der Waals surface area contributed by atoms with Crippen LogP contribution in [0.2, 0.25) is 19.6 Å². The van der Waals surface area contributed by atoms with Gasteiger partial charge in [-0.25, -0.2) is 0 Å². The van der Waals surface area contributed by atoms with Crippen LogP contribution >= 0.6 is 24.8 Å². The molecule has 0 saturated heterocycles. The Kier molecular flexibility index (Phi) is 9.84. The molecule has 1 aromatic carbocycles. The van der Waals surface area contributed by atoms with Crippen LogP contribution in [0, 0.1) is 0 Å². The largest absolute Gasteiger partial charge is 0.147 e. The fourth-order valence-corrected chi connectivity index (χ4v) is 9.89. The minimum atomic E-state index is -1.88. The molecule has 0 spiro atoms. The zero-order chi connectivity index (χ0) is 18.1. The molecular formula is C21H34Cl2OSiTi. The number of halogens is 2. The fourth-order valence-electron chi connectivity index (χ4n) is 3.03. The van der Waals surface area contributed by atoms with Gasteiger partial charge in [0.15, 0.2) is 0 Å². The first-order valence-electron chi connectivity index (χ1n) is 8.86. The van der Waals surface area contributed by atoms with Crippen molar-refractivity contribution in [3.63, 3.8) is 0 Å². The number of hydrogen-bond acceptors (Lipinski definition) is 1. The smallest absolute Gasteiger partial charge is 0.147 e. The monoisotopic (exact) mass is 448 g/mol. The molecule has 5 heteroatoms. The summed E-state index contributed by atoms with van der Waals surface area (Å²) in [5, 5.41) is 1.63. The van der Waals surface area contributed by atoms with Gasteiger partial charge >= 0.3 is 156 Å². The van der Waals surface area contributed by atoms with Crippen LogP contribution in [-0.2, 0) is 23.2 Å². The zero-order valence-electron chi connectivity index (χ0n) is 17.4. The molecule has 1 nitrogen and oxygen atoms in total. The van der Waals surface area contributed by atoms with Gasteiger partial charge in [-0.2, -0.15) is 0 Å². The Hall–Kier alpha value is -0.119. The number of allylic oxidation sites excluding steroid dienone is 4. The van der Waals surface area contributed by atoms with Gasteiger partial charge in [-0.3, -0.25) is 0 Å². The maximum atomic E-state index is 6.68. The molecule has 146 valence electrons. The van der Waals surface area contributed by atoms with Crippen LogP contribution in [0.5, 0.6) is 5.75 Å². The minimum absolute atomic E-state index is 0. The van der Waals surface area contributed by atoms with E-state index in [1.807, 2.05) is 0 Å². The van der Waals surface area contributed by atoms with Crippen LogP contribution < -0.4 is 3.32 Å². The quantitative estimate of drug-likeness (QED) is 0.448. The van der Waals surface area contributed by atoms with Crippen LogP contribution in [0.25, 0.3) is 0 Å². The van der Waals surface area contributed by atoms with E-state index >= 15 is 0 Å². The average molecular weight is 449 g/mol. The Morgan fingerprint density at radius 1 is 1.08 bits per heavy atom. The van der Waals surface area contributed by atoms with E-state index in [0.717, 1.165) is 12.2 Å². The van der Waals surface area contributed by atoms with E-state index < -0.39 is 25.9 Å². The number of benzene rings is 1. The molecule has 0 N–H and O–H groups in total. The molecule has 0 aliphatic heterocycles. The van der Waals surface area contributed by atoms with Crippen LogP contribution in [0.3, 0.4) is 0 Å². The van der Waals surface area contributed by atoms with Crippen molar-refractivity contribution in [1.29, 1.82) is 0 Å². The van der Waals surface area contributed by atoms with Crippen molar-refractivity contribution in [3.05, 3.63) is 51.1 Å². The van der Waals surface area contributed by atoms with Crippen molar-refractivity contribution in [3.8, 4) is 5.75 Å². The molecule has 1 aliphatic carbocycles. The summed E-state index contributed by atoms with van der Waals surface area (Å²) in [5.41, 5.74) is 1.50. The summed E-state index contributed by atoms with van der Waals surface area (Å²) >= 11 is -1.88. The third-order valence-corrected chi connectivity index (χ3v) is 10.6. The summed E-state index contributed by atoms with van der Waals surface area (Å²) in [7, 11) is -1.31. The van der Waals surface area contributed by atoms with Crippen molar-refractivity contribution in [2.24, 2.45) is 0 Å². The third kappa shape index (κ3) is 6.49. The molecule has 1 aliphatic rings. The Balaban J connectivity index is 0.00000312. The van der Waals surface area contributed by atoms with Gasteiger partial charge < -0.3 is 0 Å².